The summed E-state index contributed by atoms with van der Waals surface area (Å²) in [4.78, 5) is 11.7. The third-order valence-electron chi connectivity index (χ3n) is 2.62. The van der Waals surface area contributed by atoms with Gasteiger partial charge in [-0.2, -0.15) is 13.2 Å². The summed E-state index contributed by atoms with van der Waals surface area (Å²) in [5.41, 5.74) is 0.412. The highest BCUT2D eigenvalue weighted by molar-refractivity contribution is 5.65. The van der Waals surface area contributed by atoms with Crippen LogP contribution in [0, 0.1) is 0 Å². The molecule has 0 amide bonds. The number of halogens is 3. The lowest BCUT2D eigenvalue weighted by molar-refractivity contribution is -0.143. The Bertz CT molecular complexity index is 437. The molecule has 0 heterocycles. The summed E-state index contributed by atoms with van der Waals surface area (Å²) in [7, 11) is 0. The topological polar surface area (TPSA) is 38.8 Å². The van der Waals surface area contributed by atoms with Gasteiger partial charge in [0, 0.05) is 12.6 Å². The van der Waals surface area contributed by atoms with E-state index in [1.165, 1.54) is 13.8 Å². The monoisotopic (exact) mass is 305 g/mol. The van der Waals surface area contributed by atoms with Gasteiger partial charge in [-0.05, 0) is 19.1 Å². The quantitative estimate of drug-likeness (QED) is 0.441. The summed E-state index contributed by atoms with van der Waals surface area (Å²) in [5.74, 6) is -0.457. The molecule has 0 saturated heterocycles. The van der Waals surface area contributed by atoms with Crippen molar-refractivity contribution >= 4 is 11.7 Å². The Balaban J connectivity index is 2.65. The molecule has 21 heavy (non-hydrogen) atoms. The Morgan fingerprint density at radius 1 is 1.24 bits per heavy atom. The van der Waals surface area contributed by atoms with E-state index in [-0.39, 0.29) is 13.2 Å². The Hall–Kier alpha value is -1.76. The van der Waals surface area contributed by atoms with Crippen LogP contribution < -0.4 is 4.90 Å². The molecule has 7 heteroatoms. The summed E-state index contributed by atoms with van der Waals surface area (Å²) in [6.45, 7) is 1.69. The van der Waals surface area contributed by atoms with Gasteiger partial charge in [0.15, 0.2) is 0 Å². The van der Waals surface area contributed by atoms with Gasteiger partial charge in [-0.3, -0.25) is 4.79 Å². The molecule has 1 atom stereocenters. The number of benzene rings is 1. The molecule has 0 aliphatic carbocycles. The van der Waals surface area contributed by atoms with Crippen LogP contribution in [-0.2, 0) is 14.3 Å². The lowest BCUT2D eigenvalue weighted by Crippen LogP contribution is -2.42. The molecule has 1 aromatic carbocycles. The lowest BCUT2D eigenvalue weighted by atomic mass is 10.2. The minimum Gasteiger partial charge on any atom is -0.463 e. The summed E-state index contributed by atoms with van der Waals surface area (Å²) in [6, 6.07) is 8.20. The second-order valence-electron chi connectivity index (χ2n) is 4.39. The molecule has 4 nitrogen and oxygen atoms in total. The number of ether oxygens (including phenoxy) is 2. The first-order valence-electron chi connectivity index (χ1n) is 6.43. The third kappa shape index (κ3) is 6.99. The number of carbonyl (C=O) groups is 1. The Labute approximate surface area is 121 Å². The standard InChI is InChI=1S/C14H18F3NO3/c1-11(20-8-9-21-12(2)19)18(10-14(15,16)17)13-6-4-3-5-7-13/h3-7,11H,8-10H2,1-2H3. The predicted octanol–water partition coefficient (Wildman–Crippen LogP) is 2.98. The molecule has 0 N–H and O–H groups in total. The van der Waals surface area contributed by atoms with Crippen molar-refractivity contribution in [1.82, 2.24) is 0 Å². The molecule has 0 bridgehead atoms. The maximum Gasteiger partial charge on any atom is 0.406 e. The maximum atomic E-state index is 12.7. The van der Waals surface area contributed by atoms with Gasteiger partial charge in [0.25, 0.3) is 0 Å². The second-order valence-corrected chi connectivity index (χ2v) is 4.39. The number of hydrogen-bond donors (Lipinski definition) is 0. The molecule has 0 aliphatic heterocycles. The largest absolute Gasteiger partial charge is 0.463 e. The van der Waals surface area contributed by atoms with Crippen LogP contribution in [-0.4, -0.2) is 38.1 Å². The molecule has 0 spiro atoms. The van der Waals surface area contributed by atoms with E-state index in [2.05, 4.69) is 4.74 Å². The zero-order valence-corrected chi connectivity index (χ0v) is 11.9. The van der Waals surface area contributed by atoms with Crippen molar-refractivity contribution in [2.45, 2.75) is 26.3 Å². The van der Waals surface area contributed by atoms with E-state index in [1.807, 2.05) is 0 Å². The zero-order valence-electron chi connectivity index (χ0n) is 11.9. The van der Waals surface area contributed by atoms with Crippen LogP contribution in [0.2, 0.25) is 0 Å². The molecule has 118 valence electrons. The Morgan fingerprint density at radius 3 is 2.38 bits per heavy atom. The molecule has 1 unspecified atom stereocenters. The average molecular weight is 305 g/mol. The predicted molar refractivity (Wildman–Crippen MR) is 71.9 cm³/mol. The molecule has 0 radical (unpaired) electrons. The summed E-state index contributed by atoms with van der Waals surface area (Å²) < 4.78 is 48.0. The van der Waals surface area contributed by atoms with Gasteiger partial charge in [0.1, 0.15) is 19.4 Å². The minimum atomic E-state index is -4.34. The van der Waals surface area contributed by atoms with Crippen molar-refractivity contribution in [3.05, 3.63) is 30.3 Å². The van der Waals surface area contributed by atoms with Crippen LogP contribution in [0.15, 0.2) is 30.3 Å². The highest BCUT2D eigenvalue weighted by atomic mass is 19.4. The van der Waals surface area contributed by atoms with Gasteiger partial charge in [0.05, 0.1) is 6.61 Å². The normalized spacial score (nSPS) is 12.8. The molecular weight excluding hydrogens is 287 g/mol. The van der Waals surface area contributed by atoms with Crippen LogP contribution >= 0.6 is 0 Å². The number of hydrogen-bond acceptors (Lipinski definition) is 4. The highest BCUT2D eigenvalue weighted by Gasteiger charge is 2.33. The third-order valence-corrected chi connectivity index (χ3v) is 2.62. The van der Waals surface area contributed by atoms with Crippen molar-refractivity contribution in [3.8, 4) is 0 Å². The van der Waals surface area contributed by atoms with E-state index in [1.54, 1.807) is 30.3 Å². The van der Waals surface area contributed by atoms with Crippen LogP contribution in [0.25, 0.3) is 0 Å². The number of carbonyl (C=O) groups excluding carboxylic acids is 1. The van der Waals surface area contributed by atoms with E-state index in [9.17, 15) is 18.0 Å². The fraction of sp³-hybridized carbons (Fsp3) is 0.500. The Morgan fingerprint density at radius 2 is 1.86 bits per heavy atom. The molecule has 0 aromatic heterocycles. The second kappa shape index (κ2) is 7.87. The summed E-state index contributed by atoms with van der Waals surface area (Å²) >= 11 is 0. The summed E-state index contributed by atoms with van der Waals surface area (Å²) in [6.07, 6.45) is -5.15. The van der Waals surface area contributed by atoms with Crippen LogP contribution in [0.3, 0.4) is 0 Å². The van der Waals surface area contributed by atoms with Gasteiger partial charge >= 0.3 is 12.1 Å². The zero-order chi connectivity index (χ0) is 15.9. The number of esters is 1. The first-order valence-corrected chi connectivity index (χ1v) is 6.43. The fourth-order valence-corrected chi connectivity index (χ4v) is 1.74. The molecule has 1 aromatic rings. The summed E-state index contributed by atoms with van der Waals surface area (Å²) in [5, 5.41) is 0. The lowest BCUT2D eigenvalue weighted by Gasteiger charge is -2.31. The van der Waals surface area contributed by atoms with Crippen molar-refractivity contribution in [2.24, 2.45) is 0 Å². The van der Waals surface area contributed by atoms with Crippen molar-refractivity contribution in [1.29, 1.82) is 0 Å². The van der Waals surface area contributed by atoms with Crippen molar-refractivity contribution in [2.75, 3.05) is 24.7 Å². The van der Waals surface area contributed by atoms with Crippen molar-refractivity contribution < 1.29 is 27.4 Å². The van der Waals surface area contributed by atoms with Crippen molar-refractivity contribution in [3.63, 3.8) is 0 Å². The average Bonchev–Trinajstić information content (AvgIpc) is 2.40. The minimum absolute atomic E-state index is 0.00825. The van der Waals surface area contributed by atoms with Gasteiger partial charge in [-0.15, -0.1) is 0 Å². The van der Waals surface area contributed by atoms with E-state index in [4.69, 9.17) is 4.74 Å². The number of rotatable bonds is 7. The molecule has 0 saturated carbocycles. The molecule has 0 fully saturated rings. The van der Waals surface area contributed by atoms with Gasteiger partial charge in [0.2, 0.25) is 0 Å². The highest BCUT2D eigenvalue weighted by Crippen LogP contribution is 2.24. The van der Waals surface area contributed by atoms with E-state index >= 15 is 0 Å². The van der Waals surface area contributed by atoms with Crippen LogP contribution in [0.5, 0.6) is 0 Å². The van der Waals surface area contributed by atoms with E-state index in [0.29, 0.717) is 5.69 Å². The van der Waals surface area contributed by atoms with E-state index < -0.39 is 24.9 Å². The van der Waals surface area contributed by atoms with Gasteiger partial charge in [-0.1, -0.05) is 18.2 Å². The first kappa shape index (κ1) is 17.3. The van der Waals surface area contributed by atoms with Crippen LogP contribution in [0.1, 0.15) is 13.8 Å². The maximum absolute atomic E-state index is 12.7. The number of para-hydroxylation sites is 1. The van der Waals surface area contributed by atoms with E-state index in [0.717, 1.165) is 4.90 Å². The van der Waals surface area contributed by atoms with Gasteiger partial charge in [-0.25, -0.2) is 0 Å². The smallest absolute Gasteiger partial charge is 0.406 e. The number of alkyl halides is 3. The van der Waals surface area contributed by atoms with Gasteiger partial charge < -0.3 is 14.4 Å². The SMILES string of the molecule is CC(=O)OCCOC(C)N(CC(F)(F)F)c1ccccc1. The molecule has 1 rings (SSSR count). The fourth-order valence-electron chi connectivity index (χ4n) is 1.74. The molecular formula is C14H18F3NO3. The van der Waals surface area contributed by atoms with Crippen LogP contribution in [0.4, 0.5) is 18.9 Å². The first-order chi connectivity index (χ1) is 9.79. The Kier molecular flexibility index (Phi) is 6.48. The number of anilines is 1. The molecule has 0 aliphatic rings. The number of nitrogens with zero attached hydrogens (tertiary/aromatic N) is 1.